The van der Waals surface area contributed by atoms with E-state index in [1.54, 1.807) is 0 Å². The van der Waals surface area contributed by atoms with Crippen LogP contribution in [-0.4, -0.2) is 41.4 Å². The van der Waals surface area contributed by atoms with Gasteiger partial charge in [-0.2, -0.15) is 0 Å². The van der Waals surface area contributed by atoms with Gasteiger partial charge in [0, 0.05) is 18.8 Å². The Labute approximate surface area is 99.7 Å². The van der Waals surface area contributed by atoms with Gasteiger partial charge in [-0.1, -0.05) is 5.10 Å². The van der Waals surface area contributed by atoms with Gasteiger partial charge in [0.25, 0.3) is 0 Å². The lowest BCUT2D eigenvalue weighted by Crippen LogP contribution is -2.48. The summed E-state index contributed by atoms with van der Waals surface area (Å²) in [7, 11) is 0. The Morgan fingerprint density at radius 3 is 2.94 bits per heavy atom. The van der Waals surface area contributed by atoms with Gasteiger partial charge in [-0.15, -0.1) is 16.7 Å². The van der Waals surface area contributed by atoms with Crippen molar-refractivity contribution in [2.75, 3.05) is 30.5 Å². The highest BCUT2D eigenvalue weighted by molar-refractivity contribution is 6.17. The van der Waals surface area contributed by atoms with E-state index in [0.29, 0.717) is 30.8 Å². The van der Waals surface area contributed by atoms with Crippen LogP contribution in [0.2, 0.25) is 0 Å². The van der Waals surface area contributed by atoms with Crippen molar-refractivity contribution in [3.63, 3.8) is 0 Å². The van der Waals surface area contributed by atoms with Crippen LogP contribution >= 0.6 is 11.6 Å². The van der Waals surface area contributed by atoms with Crippen LogP contribution in [0.1, 0.15) is 19.7 Å². The molecule has 0 aromatic carbocycles. The van der Waals surface area contributed by atoms with Crippen LogP contribution < -0.4 is 4.90 Å². The molecule has 1 aromatic rings. The van der Waals surface area contributed by atoms with E-state index in [-0.39, 0.29) is 5.60 Å². The summed E-state index contributed by atoms with van der Waals surface area (Å²) in [4.78, 5) is 2.05. The molecule has 90 valence electrons. The lowest BCUT2D eigenvalue weighted by molar-refractivity contribution is -0.0290. The van der Waals surface area contributed by atoms with Crippen molar-refractivity contribution in [3.05, 3.63) is 5.89 Å². The molecular weight excluding hydrogens is 230 g/mol. The highest BCUT2D eigenvalue weighted by Gasteiger charge is 2.29. The maximum Gasteiger partial charge on any atom is 0.318 e. The largest absolute Gasteiger partial charge is 0.408 e. The fourth-order valence-corrected chi connectivity index (χ4v) is 1.90. The minimum absolute atomic E-state index is 0.167. The van der Waals surface area contributed by atoms with Crippen LogP contribution in [0.25, 0.3) is 0 Å². The number of morpholine rings is 1. The van der Waals surface area contributed by atoms with Crippen molar-refractivity contribution in [2.45, 2.75) is 25.9 Å². The fraction of sp³-hybridized carbons (Fsp3) is 0.800. The summed E-state index contributed by atoms with van der Waals surface area (Å²) in [5.41, 5.74) is -0.167. The number of anilines is 1. The molecule has 0 saturated carbocycles. The van der Waals surface area contributed by atoms with Gasteiger partial charge in [0.15, 0.2) is 0 Å². The van der Waals surface area contributed by atoms with Crippen molar-refractivity contribution in [3.8, 4) is 0 Å². The summed E-state index contributed by atoms with van der Waals surface area (Å²) in [6, 6.07) is 0.566. The molecule has 0 N–H and O–H groups in total. The SMILES string of the molecule is CC1(C)CN(c2nnc(CCCl)o2)CCO1. The Balaban J connectivity index is 2.05. The van der Waals surface area contributed by atoms with E-state index in [1.165, 1.54) is 0 Å². The number of halogens is 1. The fourth-order valence-electron chi connectivity index (χ4n) is 1.73. The molecule has 0 atom stereocenters. The highest BCUT2D eigenvalue weighted by atomic mass is 35.5. The van der Waals surface area contributed by atoms with Gasteiger partial charge in [0.1, 0.15) is 0 Å². The summed E-state index contributed by atoms with van der Waals surface area (Å²) in [5, 5.41) is 7.96. The van der Waals surface area contributed by atoms with Crippen molar-refractivity contribution in [2.24, 2.45) is 0 Å². The normalized spacial score (nSPS) is 20.1. The van der Waals surface area contributed by atoms with E-state index in [0.717, 1.165) is 13.1 Å². The standard InChI is InChI=1S/C10H16ClN3O2/c1-10(2)7-14(5-6-15-10)9-13-12-8(16-9)3-4-11/h3-7H2,1-2H3. The number of aryl methyl sites for hydroxylation is 1. The number of nitrogens with zero attached hydrogens (tertiary/aromatic N) is 3. The number of hydrogen-bond acceptors (Lipinski definition) is 5. The van der Waals surface area contributed by atoms with E-state index in [1.807, 2.05) is 4.90 Å². The summed E-state index contributed by atoms with van der Waals surface area (Å²) in [6.45, 7) is 6.33. The van der Waals surface area contributed by atoms with Crippen molar-refractivity contribution in [1.29, 1.82) is 0 Å². The van der Waals surface area contributed by atoms with Gasteiger partial charge in [-0.3, -0.25) is 0 Å². The zero-order valence-corrected chi connectivity index (χ0v) is 10.3. The van der Waals surface area contributed by atoms with Gasteiger partial charge in [0.2, 0.25) is 5.89 Å². The second kappa shape index (κ2) is 4.59. The molecule has 1 aliphatic heterocycles. The molecule has 0 unspecified atom stereocenters. The van der Waals surface area contributed by atoms with E-state index < -0.39 is 0 Å². The maximum absolute atomic E-state index is 5.62. The van der Waals surface area contributed by atoms with E-state index in [4.69, 9.17) is 20.8 Å². The molecule has 0 amide bonds. The molecule has 1 aromatic heterocycles. The Hall–Kier alpha value is -0.810. The first-order valence-corrected chi connectivity index (χ1v) is 5.91. The summed E-state index contributed by atoms with van der Waals surface area (Å²) in [5.74, 6) is 1.09. The average Bonchev–Trinajstić information content (AvgIpc) is 2.65. The number of rotatable bonds is 3. The third-order valence-electron chi connectivity index (χ3n) is 2.46. The first-order valence-electron chi connectivity index (χ1n) is 5.38. The Kier molecular flexibility index (Phi) is 3.35. The molecule has 0 bridgehead atoms. The summed E-state index contributed by atoms with van der Waals surface area (Å²) >= 11 is 5.62. The summed E-state index contributed by atoms with van der Waals surface area (Å²) < 4.78 is 11.1. The van der Waals surface area contributed by atoms with Crippen LogP contribution in [-0.2, 0) is 11.2 Å². The predicted molar refractivity (Wildman–Crippen MR) is 61.0 cm³/mol. The lowest BCUT2D eigenvalue weighted by Gasteiger charge is -2.36. The molecule has 0 radical (unpaired) electrons. The molecule has 1 fully saturated rings. The zero-order chi connectivity index (χ0) is 11.6. The second-order valence-corrected chi connectivity index (χ2v) is 4.83. The second-order valence-electron chi connectivity index (χ2n) is 4.45. The molecule has 1 aliphatic rings. The molecule has 2 rings (SSSR count). The molecule has 5 nitrogen and oxygen atoms in total. The molecule has 6 heteroatoms. The Morgan fingerprint density at radius 1 is 1.44 bits per heavy atom. The van der Waals surface area contributed by atoms with Gasteiger partial charge in [0.05, 0.1) is 18.8 Å². The third-order valence-corrected chi connectivity index (χ3v) is 2.65. The molecule has 16 heavy (non-hydrogen) atoms. The number of aromatic nitrogens is 2. The molecule has 1 saturated heterocycles. The molecule has 2 heterocycles. The van der Waals surface area contributed by atoms with Crippen LogP contribution in [0.3, 0.4) is 0 Å². The lowest BCUT2D eigenvalue weighted by atomic mass is 10.1. The minimum atomic E-state index is -0.167. The van der Waals surface area contributed by atoms with Crippen LogP contribution in [0, 0.1) is 0 Å². The Bertz CT molecular complexity index is 354. The monoisotopic (exact) mass is 245 g/mol. The van der Waals surface area contributed by atoms with Crippen LogP contribution in [0.4, 0.5) is 6.01 Å². The first-order chi connectivity index (χ1) is 7.61. The first kappa shape index (κ1) is 11.7. The van der Waals surface area contributed by atoms with E-state index in [9.17, 15) is 0 Å². The topological polar surface area (TPSA) is 51.4 Å². The molecule has 0 aliphatic carbocycles. The van der Waals surface area contributed by atoms with Gasteiger partial charge < -0.3 is 14.1 Å². The Morgan fingerprint density at radius 2 is 2.25 bits per heavy atom. The van der Waals surface area contributed by atoms with Gasteiger partial charge >= 0.3 is 6.01 Å². The van der Waals surface area contributed by atoms with E-state index >= 15 is 0 Å². The van der Waals surface area contributed by atoms with Gasteiger partial charge in [-0.05, 0) is 13.8 Å². The quantitative estimate of drug-likeness (QED) is 0.755. The smallest absolute Gasteiger partial charge is 0.318 e. The predicted octanol–water partition coefficient (Wildman–Crippen LogP) is 1.47. The van der Waals surface area contributed by atoms with Crippen molar-refractivity contribution < 1.29 is 9.15 Å². The molecule has 0 spiro atoms. The maximum atomic E-state index is 5.62. The average molecular weight is 246 g/mol. The molecular formula is C10H16ClN3O2. The van der Waals surface area contributed by atoms with E-state index in [2.05, 4.69) is 24.0 Å². The number of hydrogen-bond donors (Lipinski definition) is 0. The van der Waals surface area contributed by atoms with Crippen LogP contribution in [0.15, 0.2) is 4.42 Å². The van der Waals surface area contributed by atoms with Crippen molar-refractivity contribution >= 4 is 17.6 Å². The third kappa shape index (κ3) is 2.65. The van der Waals surface area contributed by atoms with Gasteiger partial charge in [-0.25, -0.2) is 0 Å². The summed E-state index contributed by atoms with van der Waals surface area (Å²) in [6.07, 6.45) is 0.613. The minimum Gasteiger partial charge on any atom is -0.408 e. The van der Waals surface area contributed by atoms with Crippen molar-refractivity contribution in [1.82, 2.24) is 10.2 Å². The number of alkyl halides is 1. The highest BCUT2D eigenvalue weighted by Crippen LogP contribution is 2.21. The zero-order valence-electron chi connectivity index (χ0n) is 9.57. The number of ether oxygens (including phenoxy) is 1. The van der Waals surface area contributed by atoms with Crippen LogP contribution in [0.5, 0.6) is 0 Å².